The molecule has 0 bridgehead atoms. The van der Waals surface area contributed by atoms with Gasteiger partial charge in [-0.2, -0.15) is 13.2 Å². The first-order chi connectivity index (χ1) is 8.00. The van der Waals surface area contributed by atoms with Gasteiger partial charge < -0.3 is 5.32 Å². The Balaban J connectivity index is 0.00000162. The molecule has 102 valence electrons. The van der Waals surface area contributed by atoms with Crippen LogP contribution in [0.2, 0.25) is 0 Å². The van der Waals surface area contributed by atoms with Crippen LogP contribution in [0.15, 0.2) is 18.2 Å². The molecule has 1 fully saturated rings. The molecule has 1 aliphatic heterocycles. The molecule has 1 aromatic rings. The summed E-state index contributed by atoms with van der Waals surface area (Å²) in [5.74, 6) is -0.778. The van der Waals surface area contributed by atoms with E-state index in [9.17, 15) is 17.6 Å². The van der Waals surface area contributed by atoms with Crippen LogP contribution in [-0.2, 0) is 6.18 Å². The predicted molar refractivity (Wildman–Crippen MR) is 63.2 cm³/mol. The third-order valence-electron chi connectivity index (χ3n) is 3.02. The van der Waals surface area contributed by atoms with E-state index in [1.165, 1.54) is 0 Å². The summed E-state index contributed by atoms with van der Waals surface area (Å²) in [6.45, 7) is 0.635. The average Bonchev–Trinajstić information content (AvgIpc) is 2.28. The van der Waals surface area contributed by atoms with Gasteiger partial charge in [-0.15, -0.1) is 12.4 Å². The SMILES string of the molecule is Cl.Fc1cccc(C(F)(F)F)c1[C@H]1CCCCN1. The highest BCUT2D eigenvalue weighted by Gasteiger charge is 2.36. The maximum atomic E-state index is 13.6. The first-order valence-corrected chi connectivity index (χ1v) is 5.59. The highest BCUT2D eigenvalue weighted by Crippen LogP contribution is 2.37. The van der Waals surface area contributed by atoms with E-state index in [0.717, 1.165) is 31.0 Å². The van der Waals surface area contributed by atoms with Crippen molar-refractivity contribution in [1.29, 1.82) is 0 Å². The molecule has 0 saturated carbocycles. The fraction of sp³-hybridized carbons (Fsp3) is 0.500. The molecule has 0 aromatic heterocycles. The van der Waals surface area contributed by atoms with Gasteiger partial charge in [0.05, 0.1) is 5.56 Å². The van der Waals surface area contributed by atoms with Crippen LogP contribution in [0.1, 0.15) is 36.4 Å². The van der Waals surface area contributed by atoms with Crippen LogP contribution in [0.4, 0.5) is 17.6 Å². The van der Waals surface area contributed by atoms with Gasteiger partial charge in [0.1, 0.15) is 5.82 Å². The zero-order valence-corrected chi connectivity index (χ0v) is 10.4. The standard InChI is InChI=1S/C12H13F4N.ClH/c13-9-5-3-4-8(12(14,15)16)11(9)10-6-1-2-7-17-10;/h3-5,10,17H,1-2,6-7H2;1H/t10-;/m1./s1. The second kappa shape index (κ2) is 5.89. The number of hydrogen-bond acceptors (Lipinski definition) is 1. The van der Waals surface area contributed by atoms with Crippen LogP contribution >= 0.6 is 12.4 Å². The Morgan fingerprint density at radius 3 is 2.44 bits per heavy atom. The fourth-order valence-electron chi connectivity index (χ4n) is 2.24. The Kier molecular flexibility index (Phi) is 4.99. The van der Waals surface area contributed by atoms with Gasteiger partial charge in [-0.1, -0.05) is 12.5 Å². The van der Waals surface area contributed by atoms with Crippen molar-refractivity contribution < 1.29 is 17.6 Å². The molecule has 1 atom stereocenters. The van der Waals surface area contributed by atoms with Crippen LogP contribution in [0.5, 0.6) is 0 Å². The van der Waals surface area contributed by atoms with Crippen molar-refractivity contribution in [3.63, 3.8) is 0 Å². The number of rotatable bonds is 1. The topological polar surface area (TPSA) is 12.0 Å². The van der Waals surface area contributed by atoms with E-state index in [0.29, 0.717) is 13.0 Å². The lowest BCUT2D eigenvalue weighted by Crippen LogP contribution is -2.29. The number of alkyl halides is 3. The van der Waals surface area contributed by atoms with Gasteiger partial charge in [0.2, 0.25) is 0 Å². The largest absolute Gasteiger partial charge is 0.416 e. The van der Waals surface area contributed by atoms with Crippen LogP contribution < -0.4 is 5.32 Å². The summed E-state index contributed by atoms with van der Waals surface area (Å²) in [6.07, 6.45) is -2.21. The van der Waals surface area contributed by atoms with Crippen molar-refractivity contribution in [3.05, 3.63) is 35.1 Å². The Hall–Kier alpha value is -0.810. The third kappa shape index (κ3) is 3.14. The lowest BCUT2D eigenvalue weighted by atomic mass is 9.93. The molecule has 0 radical (unpaired) electrons. The first kappa shape index (κ1) is 15.2. The van der Waals surface area contributed by atoms with E-state index >= 15 is 0 Å². The van der Waals surface area contributed by atoms with E-state index < -0.39 is 23.6 Å². The minimum atomic E-state index is -4.50. The summed E-state index contributed by atoms with van der Waals surface area (Å²) in [7, 11) is 0. The van der Waals surface area contributed by atoms with Gasteiger partial charge in [0, 0.05) is 11.6 Å². The molecule has 0 unspecified atom stereocenters. The van der Waals surface area contributed by atoms with E-state index in [1.54, 1.807) is 0 Å². The van der Waals surface area contributed by atoms with Gasteiger partial charge in [0.15, 0.2) is 0 Å². The molecule has 1 saturated heterocycles. The minimum Gasteiger partial charge on any atom is -0.310 e. The van der Waals surface area contributed by atoms with Crippen molar-refractivity contribution in [2.75, 3.05) is 6.54 Å². The molecule has 1 nitrogen and oxygen atoms in total. The summed E-state index contributed by atoms with van der Waals surface area (Å²) in [4.78, 5) is 0. The van der Waals surface area contributed by atoms with Crippen molar-refractivity contribution >= 4 is 12.4 Å². The van der Waals surface area contributed by atoms with Crippen molar-refractivity contribution in [3.8, 4) is 0 Å². The molecule has 0 amide bonds. The summed E-state index contributed by atoms with van der Waals surface area (Å²) in [5, 5.41) is 2.95. The molecule has 0 aliphatic carbocycles. The van der Waals surface area contributed by atoms with Gasteiger partial charge in [-0.05, 0) is 31.5 Å². The molecule has 18 heavy (non-hydrogen) atoms. The highest BCUT2D eigenvalue weighted by molar-refractivity contribution is 5.85. The van der Waals surface area contributed by atoms with Gasteiger partial charge >= 0.3 is 6.18 Å². The number of nitrogens with one attached hydrogen (secondary N) is 1. The monoisotopic (exact) mass is 283 g/mol. The zero-order valence-electron chi connectivity index (χ0n) is 9.56. The van der Waals surface area contributed by atoms with E-state index in [4.69, 9.17) is 0 Å². The highest BCUT2D eigenvalue weighted by atomic mass is 35.5. The Morgan fingerprint density at radius 2 is 1.89 bits per heavy atom. The lowest BCUT2D eigenvalue weighted by molar-refractivity contribution is -0.138. The average molecular weight is 284 g/mol. The second-order valence-corrected chi connectivity index (χ2v) is 4.20. The van der Waals surface area contributed by atoms with Crippen LogP contribution in [-0.4, -0.2) is 6.54 Å². The zero-order chi connectivity index (χ0) is 12.5. The summed E-state index contributed by atoms with van der Waals surface area (Å²) >= 11 is 0. The smallest absolute Gasteiger partial charge is 0.310 e. The molecule has 1 aliphatic rings. The minimum absolute atomic E-state index is 0. The van der Waals surface area contributed by atoms with Gasteiger partial charge in [-0.25, -0.2) is 4.39 Å². The normalized spacial score (nSPS) is 20.3. The molecule has 6 heteroatoms. The lowest BCUT2D eigenvalue weighted by Gasteiger charge is -2.26. The number of hydrogen-bond donors (Lipinski definition) is 1. The van der Waals surface area contributed by atoms with Crippen LogP contribution in [0.3, 0.4) is 0 Å². The van der Waals surface area contributed by atoms with Crippen LogP contribution in [0, 0.1) is 5.82 Å². The van der Waals surface area contributed by atoms with Crippen molar-refractivity contribution in [2.24, 2.45) is 0 Å². The second-order valence-electron chi connectivity index (χ2n) is 4.20. The predicted octanol–water partition coefficient (Wildman–Crippen LogP) is 4.08. The molecule has 1 N–H and O–H groups in total. The summed E-state index contributed by atoms with van der Waals surface area (Å²) in [5.41, 5.74) is -1.10. The Morgan fingerprint density at radius 1 is 1.17 bits per heavy atom. The quantitative estimate of drug-likeness (QED) is 0.766. The number of piperidine rings is 1. The molecule has 0 spiro atoms. The molecular formula is C12H14ClF4N. The van der Waals surface area contributed by atoms with E-state index in [-0.39, 0.29) is 18.0 Å². The maximum Gasteiger partial charge on any atom is 0.416 e. The Labute approximate surface area is 109 Å². The molecular weight excluding hydrogens is 270 g/mol. The summed E-state index contributed by atoms with van der Waals surface area (Å²) < 4.78 is 52.0. The van der Waals surface area contributed by atoms with Crippen molar-refractivity contribution in [2.45, 2.75) is 31.5 Å². The van der Waals surface area contributed by atoms with Crippen molar-refractivity contribution in [1.82, 2.24) is 5.32 Å². The van der Waals surface area contributed by atoms with E-state index in [1.807, 2.05) is 0 Å². The fourth-order valence-corrected chi connectivity index (χ4v) is 2.24. The van der Waals surface area contributed by atoms with Gasteiger partial charge in [0.25, 0.3) is 0 Å². The first-order valence-electron chi connectivity index (χ1n) is 5.59. The number of halogens is 5. The van der Waals surface area contributed by atoms with E-state index in [2.05, 4.69) is 5.32 Å². The molecule has 1 heterocycles. The number of benzene rings is 1. The maximum absolute atomic E-state index is 13.6. The van der Waals surface area contributed by atoms with Gasteiger partial charge in [-0.3, -0.25) is 0 Å². The van der Waals surface area contributed by atoms with Crippen LogP contribution in [0.25, 0.3) is 0 Å². The molecule has 2 rings (SSSR count). The Bertz CT molecular complexity index is 400. The summed E-state index contributed by atoms with van der Waals surface area (Å²) in [6, 6.07) is 2.60. The molecule has 1 aromatic carbocycles. The third-order valence-corrected chi connectivity index (χ3v) is 3.02.